The Morgan fingerprint density at radius 2 is 2.00 bits per heavy atom. The number of thioether (sulfide) groups is 1. The topological polar surface area (TPSA) is 47.2 Å². The molecule has 2 atom stereocenters. The molecule has 0 saturated heterocycles. The molecular weight excluding hydrogens is 384 g/mol. The molecule has 0 unspecified atom stereocenters. The maximum Gasteiger partial charge on any atom is 0.214 e. The third-order valence-corrected chi connectivity index (χ3v) is 6.03. The number of hydrogen-bond acceptors (Lipinski definition) is 6. The molecule has 3 aromatic rings. The summed E-state index contributed by atoms with van der Waals surface area (Å²) in [4.78, 5) is 1.22. The van der Waals surface area contributed by atoms with Gasteiger partial charge in [0.05, 0.1) is 18.9 Å². The molecule has 148 valence electrons. The first-order valence-electron chi connectivity index (χ1n) is 9.74. The summed E-state index contributed by atoms with van der Waals surface area (Å²) in [6.07, 6.45) is 4.20. The summed E-state index contributed by atoms with van der Waals surface area (Å²) in [7, 11) is 0. The van der Waals surface area contributed by atoms with Crippen LogP contribution in [0.1, 0.15) is 42.5 Å². The number of hydrazone groups is 1. The molecular formula is C23H22N2O3S. The summed E-state index contributed by atoms with van der Waals surface area (Å²) < 4.78 is 18.0. The van der Waals surface area contributed by atoms with Gasteiger partial charge in [0.2, 0.25) is 6.23 Å². The molecule has 6 heteroatoms. The molecule has 29 heavy (non-hydrogen) atoms. The van der Waals surface area contributed by atoms with Gasteiger partial charge in [-0.1, -0.05) is 24.3 Å². The Kier molecular flexibility index (Phi) is 4.72. The van der Waals surface area contributed by atoms with Crippen LogP contribution in [0.2, 0.25) is 0 Å². The largest absolute Gasteiger partial charge is 0.490 e. The van der Waals surface area contributed by atoms with Crippen LogP contribution < -0.4 is 9.47 Å². The zero-order valence-corrected chi connectivity index (χ0v) is 17.2. The van der Waals surface area contributed by atoms with Gasteiger partial charge < -0.3 is 13.9 Å². The lowest BCUT2D eigenvalue weighted by Gasteiger charge is -2.38. The number of nitrogens with zero attached hydrogens (tertiary/aromatic N) is 2. The Bertz CT molecular complexity index is 1030. The summed E-state index contributed by atoms with van der Waals surface area (Å²) in [5.74, 6) is 2.39. The number of ether oxygens (including phenoxy) is 2. The van der Waals surface area contributed by atoms with E-state index in [1.54, 1.807) is 18.0 Å². The molecule has 2 aliphatic rings. The SMILES string of the molecule is CCOc1cccc2c1O[C@H](c1ccc(SC)cc1)N1N=C(c3ccco3)C[C@@H]21. The predicted molar refractivity (Wildman–Crippen MR) is 114 cm³/mol. The summed E-state index contributed by atoms with van der Waals surface area (Å²) in [6.45, 7) is 2.58. The normalized spacial score (nSPS) is 19.9. The molecule has 0 radical (unpaired) electrons. The van der Waals surface area contributed by atoms with Crippen LogP contribution in [0.15, 0.2) is 75.3 Å². The molecule has 3 heterocycles. The second-order valence-corrected chi connectivity index (χ2v) is 7.85. The van der Waals surface area contributed by atoms with Gasteiger partial charge in [-0.2, -0.15) is 5.10 Å². The second-order valence-electron chi connectivity index (χ2n) is 6.97. The minimum absolute atomic E-state index is 0.0736. The van der Waals surface area contributed by atoms with Crippen molar-refractivity contribution in [1.82, 2.24) is 5.01 Å². The van der Waals surface area contributed by atoms with Crippen LogP contribution >= 0.6 is 11.8 Å². The Labute approximate surface area is 174 Å². The lowest BCUT2D eigenvalue weighted by Crippen LogP contribution is -2.33. The van der Waals surface area contributed by atoms with Crippen molar-refractivity contribution >= 4 is 17.5 Å². The molecule has 0 saturated carbocycles. The first-order valence-corrected chi connectivity index (χ1v) is 11.0. The van der Waals surface area contributed by atoms with E-state index in [-0.39, 0.29) is 12.3 Å². The Morgan fingerprint density at radius 3 is 2.72 bits per heavy atom. The third kappa shape index (κ3) is 3.17. The molecule has 2 aliphatic heterocycles. The highest BCUT2D eigenvalue weighted by atomic mass is 32.2. The van der Waals surface area contributed by atoms with E-state index in [4.69, 9.17) is 19.0 Å². The van der Waals surface area contributed by atoms with Crippen molar-refractivity contribution in [2.24, 2.45) is 5.10 Å². The molecule has 1 aromatic heterocycles. The van der Waals surface area contributed by atoms with Crippen molar-refractivity contribution in [1.29, 1.82) is 0 Å². The van der Waals surface area contributed by atoms with E-state index in [2.05, 4.69) is 41.6 Å². The molecule has 2 aromatic carbocycles. The summed E-state index contributed by atoms with van der Waals surface area (Å²) >= 11 is 1.73. The molecule has 0 N–H and O–H groups in total. The fourth-order valence-corrected chi connectivity index (χ4v) is 4.34. The average molecular weight is 407 g/mol. The summed E-state index contributed by atoms with van der Waals surface area (Å²) in [5, 5.41) is 6.97. The van der Waals surface area contributed by atoms with E-state index < -0.39 is 0 Å². The Balaban J connectivity index is 1.60. The van der Waals surface area contributed by atoms with E-state index in [0.717, 1.165) is 40.5 Å². The molecule has 5 rings (SSSR count). The highest BCUT2D eigenvalue weighted by molar-refractivity contribution is 7.98. The number of furan rings is 1. The minimum atomic E-state index is -0.322. The highest BCUT2D eigenvalue weighted by Crippen LogP contribution is 2.50. The fourth-order valence-electron chi connectivity index (χ4n) is 3.93. The van der Waals surface area contributed by atoms with Crippen LogP contribution in [0.5, 0.6) is 11.5 Å². The van der Waals surface area contributed by atoms with Gasteiger partial charge in [-0.3, -0.25) is 0 Å². The number of hydrogen-bond donors (Lipinski definition) is 0. The van der Waals surface area contributed by atoms with Crippen molar-refractivity contribution in [2.45, 2.75) is 30.5 Å². The highest BCUT2D eigenvalue weighted by Gasteiger charge is 2.42. The van der Waals surface area contributed by atoms with Gasteiger partial charge in [0, 0.05) is 22.4 Å². The molecule has 0 spiro atoms. The smallest absolute Gasteiger partial charge is 0.214 e. The molecule has 0 bridgehead atoms. The summed E-state index contributed by atoms with van der Waals surface area (Å²) in [6, 6.07) is 18.5. The van der Waals surface area contributed by atoms with E-state index in [0.29, 0.717) is 6.61 Å². The Morgan fingerprint density at radius 1 is 1.14 bits per heavy atom. The van der Waals surface area contributed by atoms with E-state index in [1.807, 2.05) is 31.2 Å². The Hall–Kier alpha value is -2.86. The molecule has 0 amide bonds. The van der Waals surface area contributed by atoms with Gasteiger partial charge in [0.25, 0.3) is 0 Å². The fraction of sp³-hybridized carbons (Fsp3) is 0.261. The van der Waals surface area contributed by atoms with Crippen LogP contribution in [0.4, 0.5) is 0 Å². The molecule has 0 fully saturated rings. The monoisotopic (exact) mass is 406 g/mol. The first kappa shape index (κ1) is 18.2. The van der Waals surface area contributed by atoms with Crippen LogP contribution in [-0.2, 0) is 0 Å². The third-order valence-electron chi connectivity index (χ3n) is 5.29. The van der Waals surface area contributed by atoms with E-state index in [9.17, 15) is 0 Å². The van der Waals surface area contributed by atoms with E-state index in [1.165, 1.54) is 4.90 Å². The van der Waals surface area contributed by atoms with Crippen molar-refractivity contribution in [3.63, 3.8) is 0 Å². The number of benzene rings is 2. The van der Waals surface area contributed by atoms with Crippen LogP contribution in [0, 0.1) is 0 Å². The van der Waals surface area contributed by atoms with Crippen LogP contribution in [-0.4, -0.2) is 23.6 Å². The van der Waals surface area contributed by atoms with Crippen LogP contribution in [0.25, 0.3) is 0 Å². The summed E-state index contributed by atoms with van der Waals surface area (Å²) in [5.41, 5.74) is 3.09. The predicted octanol–water partition coefficient (Wildman–Crippen LogP) is 5.64. The quantitative estimate of drug-likeness (QED) is 0.513. The maximum absolute atomic E-state index is 6.51. The minimum Gasteiger partial charge on any atom is -0.490 e. The van der Waals surface area contributed by atoms with Gasteiger partial charge in [-0.05, 0) is 43.5 Å². The maximum atomic E-state index is 6.51. The first-order chi connectivity index (χ1) is 14.3. The van der Waals surface area contributed by atoms with Gasteiger partial charge in [0.1, 0.15) is 11.5 Å². The standard InChI is InChI=1S/C23H22N2O3S/c1-3-26-21-7-4-6-17-19-14-18(20-8-5-13-27-20)24-25(19)23(28-22(17)21)15-9-11-16(29-2)12-10-15/h4-13,19,23H,3,14H2,1-2H3/t19-,23+/m0/s1. The number of rotatable bonds is 5. The van der Waals surface area contributed by atoms with Crippen molar-refractivity contribution in [3.8, 4) is 11.5 Å². The van der Waals surface area contributed by atoms with Crippen LogP contribution in [0.3, 0.4) is 0 Å². The van der Waals surface area contributed by atoms with Crippen molar-refractivity contribution in [3.05, 3.63) is 77.7 Å². The number of para-hydroxylation sites is 1. The van der Waals surface area contributed by atoms with Crippen molar-refractivity contribution < 1.29 is 13.9 Å². The molecule has 5 nitrogen and oxygen atoms in total. The second kappa shape index (κ2) is 7.52. The van der Waals surface area contributed by atoms with E-state index >= 15 is 0 Å². The lowest BCUT2D eigenvalue weighted by molar-refractivity contribution is -0.0212. The zero-order chi connectivity index (χ0) is 19.8. The van der Waals surface area contributed by atoms with Gasteiger partial charge in [0.15, 0.2) is 11.5 Å². The van der Waals surface area contributed by atoms with Crippen molar-refractivity contribution in [2.75, 3.05) is 12.9 Å². The number of fused-ring (bicyclic) bond motifs is 3. The average Bonchev–Trinajstić information content (AvgIpc) is 3.44. The zero-order valence-electron chi connectivity index (χ0n) is 16.4. The van der Waals surface area contributed by atoms with Gasteiger partial charge in [-0.25, -0.2) is 5.01 Å². The lowest BCUT2D eigenvalue weighted by atomic mass is 9.97. The van der Waals surface area contributed by atoms with Gasteiger partial charge in [-0.15, -0.1) is 11.8 Å². The molecule has 0 aliphatic carbocycles. The van der Waals surface area contributed by atoms with Gasteiger partial charge >= 0.3 is 0 Å².